The van der Waals surface area contributed by atoms with Gasteiger partial charge in [-0.2, -0.15) is 25.5 Å². The minimum Gasteiger partial charge on any atom is -0.466 e. The Morgan fingerprint density at radius 3 is 1.17 bits per heavy atom. The van der Waals surface area contributed by atoms with Crippen LogP contribution in [0.2, 0.25) is 0 Å². The van der Waals surface area contributed by atoms with Crippen LogP contribution in [-0.2, 0) is 9.53 Å². The van der Waals surface area contributed by atoms with Crippen molar-refractivity contribution in [3.05, 3.63) is 235 Å². The van der Waals surface area contributed by atoms with Gasteiger partial charge in [0.2, 0.25) is 0 Å². The maximum Gasteiger partial charge on any atom is 0.307 e. The average Bonchev–Trinajstić information content (AvgIpc) is 1.61. The van der Waals surface area contributed by atoms with Crippen LogP contribution in [0.25, 0.3) is 82.6 Å². The predicted molar refractivity (Wildman–Crippen MR) is 542 cm³/mol. The van der Waals surface area contributed by atoms with Crippen LogP contribution < -0.4 is 10.6 Å². The zero-order chi connectivity index (χ0) is 97.8. The van der Waals surface area contributed by atoms with Gasteiger partial charge in [-0.3, -0.25) is 33.7 Å². The molecule has 0 radical (unpaired) electrons. The molecule has 0 atom stereocenters. The molecule has 40 heteroatoms. The number of nitrogens with zero attached hydrogens (tertiary/aromatic N) is 26. The minimum atomic E-state index is -0.343. The molecule has 4 aliphatic rings. The van der Waals surface area contributed by atoms with E-state index in [9.17, 15) is 28.8 Å². The number of esters is 1. The molecular weight excluding hydrogens is 1850 g/mol. The summed E-state index contributed by atoms with van der Waals surface area (Å²) < 4.78 is 13.2. The van der Waals surface area contributed by atoms with Crippen LogP contribution >= 0.6 is 56.7 Å². The van der Waals surface area contributed by atoms with Crippen molar-refractivity contribution in [1.29, 1.82) is 0 Å². The summed E-state index contributed by atoms with van der Waals surface area (Å²) >= 11 is 8.17. The van der Waals surface area contributed by atoms with Gasteiger partial charge in [-0.15, -0.1) is 56.7 Å². The molecule has 0 spiro atoms. The van der Waals surface area contributed by atoms with Crippen LogP contribution in [0, 0.1) is 41.5 Å². The largest absolute Gasteiger partial charge is 0.466 e. The summed E-state index contributed by atoms with van der Waals surface area (Å²) in [5.74, 6) is 2.52. The van der Waals surface area contributed by atoms with Crippen molar-refractivity contribution in [3.8, 4) is 82.6 Å². The summed E-state index contributed by atoms with van der Waals surface area (Å²) in [6, 6.07) is 24.0. The van der Waals surface area contributed by atoms with E-state index >= 15 is 0 Å². The first-order valence-electron chi connectivity index (χ1n) is 47.0. The van der Waals surface area contributed by atoms with Gasteiger partial charge in [0.05, 0.1) is 153 Å². The highest BCUT2D eigenvalue weighted by Gasteiger charge is 2.38. The van der Waals surface area contributed by atoms with Gasteiger partial charge < -0.3 is 39.9 Å². The molecular formula is C99H116N28O7S5. The first-order chi connectivity index (χ1) is 67.6. The fourth-order valence-corrected chi connectivity index (χ4v) is 19.8. The Hall–Kier alpha value is -13.4. The van der Waals surface area contributed by atoms with Gasteiger partial charge in [0, 0.05) is 128 Å². The summed E-state index contributed by atoms with van der Waals surface area (Å²) in [6.07, 6.45) is 22.5. The third-order valence-corrected chi connectivity index (χ3v) is 28.7. The Morgan fingerprint density at radius 1 is 0.410 bits per heavy atom. The molecule has 139 heavy (non-hydrogen) atoms. The highest BCUT2D eigenvalue weighted by molar-refractivity contribution is 7.14. The van der Waals surface area contributed by atoms with Crippen LogP contribution in [0.4, 0.5) is 0 Å². The first-order valence-corrected chi connectivity index (χ1v) is 51.4. The average molecular weight is 1970 g/mol. The second kappa shape index (κ2) is 47.3. The van der Waals surface area contributed by atoms with E-state index in [1.54, 1.807) is 144 Å². The number of thiophene rings is 5. The number of hydrogen-bond acceptors (Lipinski definition) is 30. The second-order valence-corrected chi connectivity index (χ2v) is 38.4. The topological polar surface area (TPSA) is 373 Å². The summed E-state index contributed by atoms with van der Waals surface area (Å²) in [5, 5.41) is 37.9. The number of carbonyl (C=O) groups excluding carboxylic acids is 6. The number of rotatable bonds is 30. The lowest BCUT2D eigenvalue weighted by Crippen LogP contribution is -2.48. The van der Waals surface area contributed by atoms with Crippen molar-refractivity contribution in [2.45, 2.75) is 133 Å². The van der Waals surface area contributed by atoms with E-state index in [2.05, 4.69) is 131 Å². The van der Waals surface area contributed by atoms with Gasteiger partial charge in [-0.05, 0) is 207 Å². The van der Waals surface area contributed by atoms with Crippen molar-refractivity contribution in [2.75, 3.05) is 118 Å². The fourth-order valence-electron chi connectivity index (χ4n) is 16.1. The van der Waals surface area contributed by atoms with E-state index in [-0.39, 0.29) is 48.5 Å². The number of aryl methyl sites for hydroxylation is 3. The molecule has 4 fully saturated rings. The van der Waals surface area contributed by atoms with E-state index in [0.29, 0.717) is 101 Å². The van der Waals surface area contributed by atoms with Crippen LogP contribution in [0.1, 0.15) is 189 Å². The molecule has 0 aromatic carbocycles. The third-order valence-electron chi connectivity index (χ3n) is 24.2. The summed E-state index contributed by atoms with van der Waals surface area (Å²) in [4.78, 5) is 139. The molecule has 15 aromatic heterocycles. The van der Waals surface area contributed by atoms with E-state index in [1.807, 2.05) is 152 Å². The van der Waals surface area contributed by atoms with Crippen molar-refractivity contribution in [1.82, 2.24) is 139 Å². The van der Waals surface area contributed by atoms with Crippen molar-refractivity contribution >= 4 is 92.2 Å². The monoisotopic (exact) mass is 1970 g/mol. The third kappa shape index (κ3) is 24.3. The van der Waals surface area contributed by atoms with Gasteiger partial charge in [0.25, 0.3) is 59.3 Å². The zero-order valence-corrected chi connectivity index (χ0v) is 84.6. The number of likely N-dealkylation sites (N-methyl/N-ethyl adjacent to an activating group) is 2. The fraction of sp³-hybridized carbons (Fsp3) is 0.384. The van der Waals surface area contributed by atoms with Crippen molar-refractivity contribution < 1.29 is 33.5 Å². The molecule has 2 aliphatic carbocycles. The number of carbonyl (C=O) groups is 6. The molecule has 17 heterocycles. The van der Waals surface area contributed by atoms with Crippen LogP contribution in [0.3, 0.4) is 0 Å². The van der Waals surface area contributed by atoms with Crippen molar-refractivity contribution in [2.24, 2.45) is 0 Å². The number of nitrogens with one attached hydrogen (secondary N) is 2. The molecule has 2 aliphatic heterocycles. The lowest BCUT2D eigenvalue weighted by molar-refractivity contribution is -0.142. The Bertz CT molecular complexity index is 6630. The highest BCUT2D eigenvalue weighted by Crippen LogP contribution is 2.45. The van der Waals surface area contributed by atoms with Gasteiger partial charge in [-0.1, -0.05) is 51.1 Å². The Kier molecular flexibility index (Phi) is 34.1. The van der Waals surface area contributed by atoms with Crippen molar-refractivity contribution in [3.63, 3.8) is 0 Å². The Balaban J connectivity index is 0.000000132. The normalized spacial score (nSPS) is 13.7. The lowest BCUT2D eigenvalue weighted by Gasteiger charge is -2.34. The standard InChI is InChI=1S/C22H26N6OS.C21H24N6OS.C19H24N6OS.C19H21N5O3S.C18H21N5OS/c1-2-9-26-10-12-27(13-11-26)21(29)17-15-24-28(20(17)16-5-6-16)22-23-8-7-18(25-22)19-4-3-14-30-19;1-14-12-22-21(24-18(14)17-4-3-11-29-17)27-19(15-5-6-15)16(13-23-27)20(28)26-9-7-25(2)8-10-26;1-4-24(5-2)11-10-20-18(26)15-13-22-25(14(15)3)19-21-9-8-16(23-19)17-7-6-12-27-17;1-4-27-16(25)7-8-20-18(26)14-11-22-24(13(14)3)19-21-10-12(2)17(23-19)15-6-5-9-28-15;1-5-22(6-2)17(24)14-11-20-23(13(14)4)18-19-10-12(3)16(21-18)15-8-7-9-25-15/h3-4,7-8,14-16H,2,5-6,9-13H2,1H3;3-4,11-13,15H,5-10H2,1-2H3;6-9,12-13H,4-5,10-11H2,1-3H3,(H,20,26);5-6,9-11H,4,7-8H2,1-3H3,(H,20,26);7-11H,5-6H2,1-4H3. The van der Waals surface area contributed by atoms with Gasteiger partial charge >= 0.3 is 5.97 Å². The smallest absolute Gasteiger partial charge is 0.307 e. The van der Waals surface area contributed by atoms with E-state index in [4.69, 9.17) is 14.7 Å². The maximum absolute atomic E-state index is 13.3. The zero-order valence-electron chi connectivity index (χ0n) is 80.5. The molecule has 19 rings (SSSR count). The Labute approximate surface area is 827 Å². The SMILES string of the molecule is CCCN1CCN(C(=O)c2cnn(-c3nccc(-c4cccs4)n3)c2C2CC2)CC1.CCN(CC)C(=O)c1cnn(-c2ncc(C)c(-c3cccs3)n2)c1C.CCN(CC)CCNC(=O)c1cnn(-c2nccc(-c3cccs3)n2)c1C.CCOC(=O)CCNC(=O)c1cnn(-c2ncc(C)c(-c3cccs3)n2)c1C.Cc1cnc(-n2ncc(C(=O)N3CCN(C)CC3)c2C2CC2)nc1-c1cccs1. The van der Waals surface area contributed by atoms with Gasteiger partial charge in [0.15, 0.2) is 0 Å². The highest BCUT2D eigenvalue weighted by atomic mass is 32.1. The quantitative estimate of drug-likeness (QED) is 0.0395. The first kappa shape index (κ1) is 100. The summed E-state index contributed by atoms with van der Waals surface area (Å²) in [6.45, 7) is 36.7. The van der Waals surface area contributed by atoms with E-state index < -0.39 is 0 Å². The molecule has 35 nitrogen and oxygen atoms in total. The second-order valence-electron chi connectivity index (χ2n) is 33.7. The van der Waals surface area contributed by atoms with Gasteiger partial charge in [0.1, 0.15) is 0 Å². The summed E-state index contributed by atoms with van der Waals surface area (Å²) in [5.41, 5.74) is 14.4. The molecule has 0 bridgehead atoms. The predicted octanol–water partition coefficient (Wildman–Crippen LogP) is 15.4. The van der Waals surface area contributed by atoms with Crippen LogP contribution in [0.5, 0.6) is 0 Å². The maximum atomic E-state index is 13.3. The molecule has 2 saturated heterocycles. The minimum absolute atomic E-state index is 0.0145. The van der Waals surface area contributed by atoms with Crippen LogP contribution in [0.15, 0.2) is 162 Å². The molecule has 724 valence electrons. The number of ether oxygens (including phenoxy) is 1. The lowest BCUT2D eigenvalue weighted by atomic mass is 10.1. The molecule has 15 aromatic rings. The van der Waals surface area contributed by atoms with Crippen LogP contribution in [-0.4, -0.2) is 282 Å². The molecule has 2 saturated carbocycles. The molecule has 0 unspecified atom stereocenters. The number of piperazine rings is 2. The van der Waals surface area contributed by atoms with E-state index in [1.165, 1.54) is 10.9 Å². The Morgan fingerprint density at radius 2 is 0.777 bits per heavy atom. The number of hydrogen-bond donors (Lipinski definition) is 2. The molecule has 2 N–H and O–H groups in total. The summed E-state index contributed by atoms with van der Waals surface area (Å²) in [7, 11) is 2.09. The van der Waals surface area contributed by atoms with Gasteiger partial charge in [-0.25, -0.2) is 73.2 Å². The number of amides is 5. The van der Waals surface area contributed by atoms with E-state index in [0.717, 1.165) is 203 Å². The number of aromatic nitrogens is 20. The molecule has 5 amide bonds.